The number of halogens is 1. The van der Waals surface area contributed by atoms with Crippen molar-refractivity contribution >= 4 is 5.91 Å². The number of amides is 1. The number of likely N-dealkylation sites (N-methyl/N-ethyl adjacent to an activating group) is 1. The third-order valence-electron chi connectivity index (χ3n) is 3.67. The zero-order valence-corrected chi connectivity index (χ0v) is 13.4. The van der Waals surface area contributed by atoms with E-state index in [0.717, 1.165) is 25.2 Å². The van der Waals surface area contributed by atoms with Crippen LogP contribution in [-0.2, 0) is 17.8 Å². The van der Waals surface area contributed by atoms with Gasteiger partial charge in [0.15, 0.2) is 0 Å². The van der Waals surface area contributed by atoms with Crippen molar-refractivity contribution in [2.24, 2.45) is 0 Å². The van der Waals surface area contributed by atoms with Crippen LogP contribution in [0.5, 0.6) is 0 Å². The van der Waals surface area contributed by atoms with Gasteiger partial charge in [0.1, 0.15) is 5.82 Å². The fourth-order valence-electron chi connectivity index (χ4n) is 2.28. The Morgan fingerprint density at radius 1 is 1.35 bits per heavy atom. The first-order valence-electron chi connectivity index (χ1n) is 7.88. The summed E-state index contributed by atoms with van der Waals surface area (Å²) in [6, 6.07) is 8.24. The van der Waals surface area contributed by atoms with Crippen LogP contribution >= 0.6 is 0 Å². The molecule has 1 aromatic carbocycles. The summed E-state index contributed by atoms with van der Waals surface area (Å²) >= 11 is 0. The Bertz CT molecular complexity index is 583. The topological polar surface area (TPSA) is 50.2 Å². The fourth-order valence-corrected chi connectivity index (χ4v) is 2.28. The number of benzene rings is 1. The van der Waals surface area contributed by atoms with E-state index in [1.807, 2.05) is 23.9 Å². The van der Waals surface area contributed by atoms with Gasteiger partial charge in [-0.1, -0.05) is 19.1 Å². The minimum Gasteiger partial charge on any atom is -0.355 e. The highest BCUT2D eigenvalue weighted by atomic mass is 19.1. The SMILES string of the molecule is CCN(CCn1cccn1)CC(=O)NCCc1ccc(F)cc1. The summed E-state index contributed by atoms with van der Waals surface area (Å²) in [7, 11) is 0. The van der Waals surface area contributed by atoms with Gasteiger partial charge in [0.25, 0.3) is 0 Å². The van der Waals surface area contributed by atoms with Gasteiger partial charge in [0.05, 0.1) is 13.1 Å². The quantitative estimate of drug-likeness (QED) is 0.766. The Labute approximate surface area is 136 Å². The summed E-state index contributed by atoms with van der Waals surface area (Å²) in [6.45, 7) is 5.33. The first-order valence-corrected chi connectivity index (χ1v) is 7.88. The Morgan fingerprint density at radius 2 is 2.13 bits per heavy atom. The molecule has 0 aliphatic rings. The number of hydrogen-bond acceptors (Lipinski definition) is 3. The summed E-state index contributed by atoms with van der Waals surface area (Å²) in [4.78, 5) is 14.1. The molecule has 5 nitrogen and oxygen atoms in total. The van der Waals surface area contributed by atoms with Gasteiger partial charge in [-0.05, 0) is 36.7 Å². The van der Waals surface area contributed by atoms with Crippen molar-refractivity contribution in [1.82, 2.24) is 20.0 Å². The second-order valence-electron chi connectivity index (χ2n) is 5.36. The van der Waals surface area contributed by atoms with Crippen LogP contribution in [0.1, 0.15) is 12.5 Å². The van der Waals surface area contributed by atoms with Crippen LogP contribution in [-0.4, -0.2) is 46.8 Å². The van der Waals surface area contributed by atoms with Crippen LogP contribution in [0.25, 0.3) is 0 Å². The maximum absolute atomic E-state index is 12.8. The average molecular weight is 318 g/mol. The highest BCUT2D eigenvalue weighted by Crippen LogP contribution is 2.02. The molecule has 1 aromatic heterocycles. The molecule has 1 N–H and O–H groups in total. The summed E-state index contributed by atoms with van der Waals surface area (Å²) in [6.07, 6.45) is 4.36. The van der Waals surface area contributed by atoms with E-state index in [0.29, 0.717) is 19.5 Å². The molecule has 124 valence electrons. The Morgan fingerprint density at radius 3 is 2.78 bits per heavy atom. The van der Waals surface area contributed by atoms with Crippen molar-refractivity contribution < 1.29 is 9.18 Å². The van der Waals surface area contributed by atoms with Crippen molar-refractivity contribution in [1.29, 1.82) is 0 Å². The van der Waals surface area contributed by atoms with Crippen molar-refractivity contribution in [3.63, 3.8) is 0 Å². The molecule has 0 atom stereocenters. The number of hydrogen-bond donors (Lipinski definition) is 1. The monoisotopic (exact) mass is 318 g/mol. The zero-order chi connectivity index (χ0) is 16.5. The number of nitrogens with zero attached hydrogens (tertiary/aromatic N) is 3. The third-order valence-corrected chi connectivity index (χ3v) is 3.67. The van der Waals surface area contributed by atoms with E-state index < -0.39 is 0 Å². The summed E-state index contributed by atoms with van der Waals surface area (Å²) in [5, 5.41) is 7.06. The molecule has 23 heavy (non-hydrogen) atoms. The summed E-state index contributed by atoms with van der Waals surface area (Å²) < 4.78 is 14.7. The Balaban J connectivity index is 1.66. The van der Waals surface area contributed by atoms with Gasteiger partial charge < -0.3 is 5.32 Å². The fraction of sp³-hybridized carbons (Fsp3) is 0.412. The molecule has 0 bridgehead atoms. The standard InChI is InChI=1S/C17H23FN4O/c1-2-21(12-13-22-11-3-9-20-22)14-17(23)19-10-8-15-4-6-16(18)7-5-15/h3-7,9,11H,2,8,10,12-14H2,1H3,(H,19,23). The molecule has 0 aliphatic carbocycles. The predicted molar refractivity (Wildman–Crippen MR) is 87.5 cm³/mol. The largest absolute Gasteiger partial charge is 0.355 e. The van der Waals surface area contributed by atoms with Gasteiger partial charge in [-0.3, -0.25) is 14.4 Å². The van der Waals surface area contributed by atoms with Crippen molar-refractivity contribution in [3.05, 3.63) is 54.1 Å². The maximum atomic E-state index is 12.8. The highest BCUT2D eigenvalue weighted by molar-refractivity contribution is 5.78. The molecule has 0 spiro atoms. The van der Waals surface area contributed by atoms with E-state index in [1.54, 1.807) is 18.3 Å². The van der Waals surface area contributed by atoms with Crippen LogP contribution in [0.2, 0.25) is 0 Å². The lowest BCUT2D eigenvalue weighted by molar-refractivity contribution is -0.122. The molecule has 0 fully saturated rings. The van der Waals surface area contributed by atoms with Gasteiger partial charge in [-0.25, -0.2) is 4.39 Å². The van der Waals surface area contributed by atoms with Gasteiger partial charge in [-0.2, -0.15) is 5.10 Å². The second-order valence-corrected chi connectivity index (χ2v) is 5.36. The minimum atomic E-state index is -0.242. The van der Waals surface area contributed by atoms with E-state index in [-0.39, 0.29) is 11.7 Å². The smallest absolute Gasteiger partial charge is 0.234 e. The summed E-state index contributed by atoms with van der Waals surface area (Å²) in [5.41, 5.74) is 1.01. The molecule has 0 unspecified atom stereocenters. The molecule has 1 amide bonds. The number of aromatic nitrogens is 2. The Kier molecular flexibility index (Phi) is 6.75. The minimum absolute atomic E-state index is 0.00873. The molecule has 2 rings (SSSR count). The van der Waals surface area contributed by atoms with Crippen LogP contribution in [0, 0.1) is 5.82 Å². The van der Waals surface area contributed by atoms with Crippen LogP contribution in [0.15, 0.2) is 42.7 Å². The van der Waals surface area contributed by atoms with Gasteiger partial charge in [-0.15, -0.1) is 0 Å². The normalized spacial score (nSPS) is 10.9. The van der Waals surface area contributed by atoms with Crippen LogP contribution < -0.4 is 5.32 Å². The molecule has 0 saturated heterocycles. The van der Waals surface area contributed by atoms with Gasteiger partial charge >= 0.3 is 0 Å². The van der Waals surface area contributed by atoms with E-state index >= 15 is 0 Å². The molecule has 6 heteroatoms. The Hall–Kier alpha value is -2.21. The average Bonchev–Trinajstić information content (AvgIpc) is 3.06. The van der Waals surface area contributed by atoms with Gasteiger partial charge in [0, 0.05) is 25.5 Å². The van der Waals surface area contributed by atoms with Crippen LogP contribution in [0.4, 0.5) is 4.39 Å². The predicted octanol–water partition coefficient (Wildman–Crippen LogP) is 1.70. The molecule has 0 saturated carbocycles. The van der Waals surface area contributed by atoms with Crippen molar-refractivity contribution in [2.45, 2.75) is 19.9 Å². The van der Waals surface area contributed by atoms with Crippen LogP contribution in [0.3, 0.4) is 0 Å². The zero-order valence-electron chi connectivity index (χ0n) is 13.4. The molecule has 1 heterocycles. The number of nitrogens with one attached hydrogen (secondary N) is 1. The lowest BCUT2D eigenvalue weighted by Gasteiger charge is -2.19. The first-order chi connectivity index (χ1) is 11.2. The molecular formula is C17H23FN4O. The van der Waals surface area contributed by atoms with E-state index in [9.17, 15) is 9.18 Å². The van der Waals surface area contributed by atoms with E-state index in [4.69, 9.17) is 0 Å². The van der Waals surface area contributed by atoms with Gasteiger partial charge in [0.2, 0.25) is 5.91 Å². The lowest BCUT2D eigenvalue weighted by atomic mass is 10.1. The number of carbonyl (C=O) groups excluding carboxylic acids is 1. The van der Waals surface area contributed by atoms with E-state index in [1.165, 1.54) is 12.1 Å². The maximum Gasteiger partial charge on any atom is 0.234 e. The summed E-state index contributed by atoms with van der Waals surface area (Å²) in [5.74, 6) is -0.233. The highest BCUT2D eigenvalue weighted by Gasteiger charge is 2.08. The molecule has 2 aromatic rings. The molecular weight excluding hydrogens is 295 g/mol. The second kappa shape index (κ2) is 9.05. The lowest BCUT2D eigenvalue weighted by Crippen LogP contribution is -2.39. The van der Waals surface area contributed by atoms with Crippen molar-refractivity contribution in [3.8, 4) is 0 Å². The molecule has 0 aliphatic heterocycles. The number of carbonyl (C=O) groups is 1. The number of rotatable bonds is 9. The molecule has 0 radical (unpaired) electrons. The third kappa shape index (κ3) is 6.20. The van der Waals surface area contributed by atoms with Crippen molar-refractivity contribution in [2.75, 3.05) is 26.2 Å². The van der Waals surface area contributed by atoms with E-state index in [2.05, 4.69) is 15.3 Å². The first kappa shape index (κ1) is 17.1.